The molecule has 0 aromatic carbocycles. The predicted molar refractivity (Wildman–Crippen MR) is 45.9 cm³/mol. The largest absolute Gasteiger partial charge is 0.467 e. The van der Waals surface area contributed by atoms with Gasteiger partial charge in [-0.15, -0.1) is 5.10 Å². The van der Waals surface area contributed by atoms with E-state index in [0.717, 1.165) is 11.6 Å². The molecule has 0 atom stereocenters. The second kappa shape index (κ2) is 3.36. The molecule has 0 amide bonds. The van der Waals surface area contributed by atoms with Gasteiger partial charge in [0.2, 0.25) is 0 Å². The maximum atomic E-state index is 5.12. The summed E-state index contributed by atoms with van der Waals surface area (Å²) in [5.74, 6) is 1.68. The maximum Gasteiger partial charge on any atom is 0.161 e. The average molecular weight is 181 g/mol. The molecule has 5 heteroatoms. The molecule has 2 heterocycles. The second-order valence-electron chi connectivity index (χ2n) is 2.22. The minimum absolute atomic E-state index is 0.651. The van der Waals surface area contributed by atoms with Gasteiger partial charge in [0.1, 0.15) is 5.76 Å². The van der Waals surface area contributed by atoms with E-state index in [4.69, 9.17) is 4.42 Å². The monoisotopic (exact) mass is 181 g/mol. The van der Waals surface area contributed by atoms with E-state index in [1.165, 1.54) is 11.5 Å². The van der Waals surface area contributed by atoms with Gasteiger partial charge < -0.3 is 9.73 Å². The van der Waals surface area contributed by atoms with Crippen LogP contribution >= 0.6 is 11.5 Å². The molecular formula is C7H7N3OS. The van der Waals surface area contributed by atoms with E-state index in [1.54, 1.807) is 6.26 Å². The van der Waals surface area contributed by atoms with Crippen LogP contribution in [0.2, 0.25) is 0 Å². The second-order valence-corrected chi connectivity index (χ2v) is 2.83. The van der Waals surface area contributed by atoms with E-state index in [-0.39, 0.29) is 0 Å². The van der Waals surface area contributed by atoms with Gasteiger partial charge in [-0.3, -0.25) is 0 Å². The van der Waals surface area contributed by atoms with Crippen LogP contribution in [0.3, 0.4) is 0 Å². The van der Waals surface area contributed by atoms with Crippen molar-refractivity contribution in [3.63, 3.8) is 0 Å². The fourth-order valence-corrected chi connectivity index (χ4v) is 1.25. The number of hydrogen-bond donors (Lipinski definition) is 1. The van der Waals surface area contributed by atoms with Gasteiger partial charge in [-0.05, 0) is 23.7 Å². The lowest BCUT2D eigenvalue weighted by Crippen LogP contribution is -1.97. The fraction of sp³-hybridized carbons (Fsp3) is 0.143. The minimum atomic E-state index is 0.651. The molecule has 0 bridgehead atoms. The summed E-state index contributed by atoms with van der Waals surface area (Å²) < 4.78 is 8.85. The first-order valence-corrected chi connectivity index (χ1v) is 4.32. The molecule has 0 aliphatic carbocycles. The molecule has 4 nitrogen and oxygen atoms in total. The van der Waals surface area contributed by atoms with Gasteiger partial charge in [-0.25, -0.2) is 0 Å². The lowest BCUT2D eigenvalue weighted by Gasteiger charge is -1.96. The van der Waals surface area contributed by atoms with E-state index in [0.29, 0.717) is 6.54 Å². The van der Waals surface area contributed by atoms with Gasteiger partial charge in [0, 0.05) is 0 Å². The molecule has 0 unspecified atom stereocenters. The lowest BCUT2D eigenvalue weighted by atomic mass is 10.4. The van der Waals surface area contributed by atoms with Crippen LogP contribution < -0.4 is 5.32 Å². The summed E-state index contributed by atoms with van der Waals surface area (Å²) in [6.07, 6.45) is 1.65. The summed E-state index contributed by atoms with van der Waals surface area (Å²) in [4.78, 5) is 0. The highest BCUT2D eigenvalue weighted by atomic mass is 32.1. The van der Waals surface area contributed by atoms with Gasteiger partial charge in [-0.2, -0.15) is 0 Å². The minimum Gasteiger partial charge on any atom is -0.467 e. The van der Waals surface area contributed by atoms with Gasteiger partial charge in [0.05, 0.1) is 18.2 Å². The number of nitrogens with zero attached hydrogens (tertiary/aromatic N) is 2. The van der Waals surface area contributed by atoms with Gasteiger partial charge in [0.15, 0.2) is 5.82 Å². The Bertz CT molecular complexity index is 282. The Kier molecular flexibility index (Phi) is 2.04. The third-order valence-corrected chi connectivity index (χ3v) is 1.89. The number of nitrogens with one attached hydrogen (secondary N) is 1. The maximum absolute atomic E-state index is 5.12. The molecule has 2 aromatic heterocycles. The van der Waals surface area contributed by atoms with Crippen molar-refractivity contribution in [2.75, 3.05) is 5.32 Å². The Hall–Kier alpha value is -1.36. The highest BCUT2D eigenvalue weighted by Gasteiger charge is 1.96. The zero-order valence-electron chi connectivity index (χ0n) is 6.23. The molecule has 0 fully saturated rings. The van der Waals surface area contributed by atoms with E-state index in [1.807, 2.05) is 17.5 Å². The molecule has 12 heavy (non-hydrogen) atoms. The van der Waals surface area contributed by atoms with Crippen LogP contribution in [0.25, 0.3) is 0 Å². The van der Waals surface area contributed by atoms with Crippen LogP contribution in [-0.2, 0) is 6.54 Å². The van der Waals surface area contributed by atoms with Crippen LogP contribution in [0.5, 0.6) is 0 Å². The van der Waals surface area contributed by atoms with Crippen molar-refractivity contribution in [3.8, 4) is 0 Å². The third kappa shape index (κ3) is 1.62. The zero-order valence-corrected chi connectivity index (χ0v) is 7.04. The van der Waals surface area contributed by atoms with Crippen molar-refractivity contribution in [2.45, 2.75) is 6.54 Å². The van der Waals surface area contributed by atoms with Crippen LogP contribution in [0.4, 0.5) is 5.82 Å². The molecule has 0 aliphatic heterocycles. The summed E-state index contributed by atoms with van der Waals surface area (Å²) in [7, 11) is 0. The molecule has 62 valence electrons. The summed E-state index contributed by atoms with van der Waals surface area (Å²) in [5.41, 5.74) is 0. The Balaban J connectivity index is 1.91. The Morgan fingerprint density at radius 2 is 2.58 bits per heavy atom. The molecule has 0 aliphatic rings. The molecule has 0 radical (unpaired) electrons. The molecular weight excluding hydrogens is 174 g/mol. The zero-order chi connectivity index (χ0) is 8.23. The third-order valence-electron chi connectivity index (χ3n) is 1.38. The smallest absolute Gasteiger partial charge is 0.161 e. The molecule has 0 spiro atoms. The van der Waals surface area contributed by atoms with Crippen molar-refractivity contribution >= 4 is 17.4 Å². The quantitative estimate of drug-likeness (QED) is 0.783. The summed E-state index contributed by atoms with van der Waals surface area (Å²) >= 11 is 1.32. The summed E-state index contributed by atoms with van der Waals surface area (Å²) in [5, 5.41) is 8.75. The Morgan fingerprint density at radius 1 is 1.58 bits per heavy atom. The highest BCUT2D eigenvalue weighted by Crippen LogP contribution is 2.06. The number of anilines is 1. The summed E-state index contributed by atoms with van der Waals surface area (Å²) in [6, 6.07) is 3.77. The molecule has 1 N–H and O–H groups in total. The first kappa shape index (κ1) is 7.30. The van der Waals surface area contributed by atoms with Crippen LogP contribution in [0.1, 0.15) is 5.76 Å². The Morgan fingerprint density at radius 3 is 3.25 bits per heavy atom. The van der Waals surface area contributed by atoms with Crippen LogP contribution in [-0.4, -0.2) is 9.59 Å². The van der Waals surface area contributed by atoms with Crippen molar-refractivity contribution in [1.29, 1.82) is 0 Å². The molecule has 0 saturated heterocycles. The lowest BCUT2D eigenvalue weighted by molar-refractivity contribution is 0.518. The SMILES string of the molecule is c1coc(CNc2csnn2)c1. The molecule has 0 saturated carbocycles. The van der Waals surface area contributed by atoms with Crippen LogP contribution in [0.15, 0.2) is 28.2 Å². The highest BCUT2D eigenvalue weighted by molar-refractivity contribution is 7.03. The van der Waals surface area contributed by atoms with E-state index in [9.17, 15) is 0 Å². The van der Waals surface area contributed by atoms with Crippen LogP contribution in [0, 0.1) is 0 Å². The average Bonchev–Trinajstić information content (AvgIpc) is 2.74. The van der Waals surface area contributed by atoms with Gasteiger partial charge in [0.25, 0.3) is 0 Å². The van der Waals surface area contributed by atoms with Crippen molar-refractivity contribution in [1.82, 2.24) is 9.59 Å². The normalized spacial score (nSPS) is 10.0. The fourth-order valence-electron chi connectivity index (χ4n) is 0.832. The summed E-state index contributed by atoms with van der Waals surface area (Å²) in [6.45, 7) is 0.651. The number of rotatable bonds is 3. The molecule has 2 rings (SSSR count). The van der Waals surface area contributed by atoms with Gasteiger partial charge in [-0.1, -0.05) is 4.49 Å². The Labute approximate surface area is 73.4 Å². The number of hydrogen-bond acceptors (Lipinski definition) is 5. The first-order valence-electron chi connectivity index (χ1n) is 3.48. The van der Waals surface area contributed by atoms with E-state index >= 15 is 0 Å². The topological polar surface area (TPSA) is 51.0 Å². The van der Waals surface area contributed by atoms with Crippen molar-refractivity contribution < 1.29 is 4.42 Å². The number of furan rings is 1. The van der Waals surface area contributed by atoms with E-state index in [2.05, 4.69) is 14.9 Å². The van der Waals surface area contributed by atoms with Crippen molar-refractivity contribution in [3.05, 3.63) is 29.5 Å². The van der Waals surface area contributed by atoms with Crippen molar-refractivity contribution in [2.24, 2.45) is 0 Å². The van der Waals surface area contributed by atoms with E-state index < -0.39 is 0 Å². The standard InChI is InChI=1S/C7H7N3OS/c1-2-6(11-3-1)4-8-7-5-12-10-9-7/h1-3,5,8H,4H2. The molecule has 2 aromatic rings. The van der Waals surface area contributed by atoms with Gasteiger partial charge >= 0.3 is 0 Å². The number of aromatic nitrogens is 2. The predicted octanol–water partition coefficient (Wildman–Crippen LogP) is 1.74. The first-order chi connectivity index (χ1) is 5.95.